The third-order valence-corrected chi connectivity index (χ3v) is 5.34. The first-order valence-corrected chi connectivity index (χ1v) is 9.82. The highest BCUT2D eigenvalue weighted by Crippen LogP contribution is 2.25. The average molecular weight is 350 g/mol. The van der Waals surface area contributed by atoms with Crippen LogP contribution in [0.2, 0.25) is 0 Å². The second-order valence-corrected chi connectivity index (χ2v) is 7.83. The van der Waals surface area contributed by atoms with Crippen molar-refractivity contribution < 1.29 is 4.79 Å². The van der Waals surface area contributed by atoms with E-state index in [1.165, 1.54) is 0 Å². The lowest BCUT2D eigenvalue weighted by Gasteiger charge is -2.11. The molecule has 0 radical (unpaired) electrons. The monoisotopic (exact) mass is 349 g/mol. The van der Waals surface area contributed by atoms with Gasteiger partial charge in [0.05, 0.1) is 17.5 Å². The Kier molecular flexibility index (Phi) is 7.05. The van der Waals surface area contributed by atoms with E-state index in [0.717, 1.165) is 28.4 Å². The molecule has 6 heteroatoms. The van der Waals surface area contributed by atoms with Crippen LogP contribution in [0, 0.1) is 5.92 Å². The van der Waals surface area contributed by atoms with Crippen LogP contribution in [0.4, 0.5) is 0 Å². The van der Waals surface area contributed by atoms with Crippen molar-refractivity contribution in [3.8, 4) is 11.3 Å². The standard InChI is InChI=1S/C17H23N3OS2/c1-12(2)6-9-22-11-16(21)19-13(3)17-20-15(10-23-17)14-4-7-18-8-5-14/h4-5,7-8,10,12-13H,6,9,11H2,1-3H3,(H,19,21)/t13-/m0/s1. The predicted octanol–water partition coefficient (Wildman–Crippen LogP) is 4.16. The number of hydrogen-bond donors (Lipinski definition) is 1. The normalized spacial score (nSPS) is 12.3. The molecule has 2 rings (SSSR count). The van der Waals surface area contributed by atoms with E-state index in [2.05, 4.69) is 29.1 Å². The number of aromatic nitrogens is 2. The number of carbonyl (C=O) groups is 1. The maximum absolute atomic E-state index is 12.0. The summed E-state index contributed by atoms with van der Waals surface area (Å²) in [6.07, 6.45) is 4.66. The van der Waals surface area contributed by atoms with Crippen molar-refractivity contribution in [1.82, 2.24) is 15.3 Å². The molecular weight excluding hydrogens is 326 g/mol. The molecular formula is C17H23N3OS2. The number of carbonyl (C=O) groups excluding carboxylic acids is 1. The summed E-state index contributed by atoms with van der Waals surface area (Å²) in [6, 6.07) is 3.81. The minimum atomic E-state index is -0.0613. The number of pyridine rings is 1. The van der Waals surface area contributed by atoms with E-state index >= 15 is 0 Å². The van der Waals surface area contributed by atoms with Gasteiger partial charge in [-0.15, -0.1) is 11.3 Å². The average Bonchev–Trinajstić information content (AvgIpc) is 3.02. The Labute approximate surface area is 146 Å². The molecule has 1 amide bonds. The Balaban J connectivity index is 1.83. The SMILES string of the molecule is CC(C)CCSCC(=O)N[C@@H](C)c1nc(-c2ccncc2)cs1. The van der Waals surface area contributed by atoms with Crippen molar-refractivity contribution in [2.24, 2.45) is 5.92 Å². The number of amides is 1. The fourth-order valence-corrected chi connectivity index (χ4v) is 3.86. The van der Waals surface area contributed by atoms with Gasteiger partial charge in [-0.2, -0.15) is 11.8 Å². The minimum Gasteiger partial charge on any atom is -0.346 e. The maximum atomic E-state index is 12.0. The van der Waals surface area contributed by atoms with Gasteiger partial charge in [0.1, 0.15) is 5.01 Å². The molecule has 2 aromatic rings. The summed E-state index contributed by atoms with van der Waals surface area (Å²) >= 11 is 3.27. The molecule has 0 spiro atoms. The molecule has 23 heavy (non-hydrogen) atoms. The largest absolute Gasteiger partial charge is 0.346 e. The summed E-state index contributed by atoms with van der Waals surface area (Å²) in [5.41, 5.74) is 1.98. The van der Waals surface area contributed by atoms with Gasteiger partial charge in [-0.1, -0.05) is 13.8 Å². The molecule has 1 atom stereocenters. The molecule has 0 aliphatic heterocycles. The maximum Gasteiger partial charge on any atom is 0.230 e. The molecule has 124 valence electrons. The zero-order chi connectivity index (χ0) is 16.7. The second kappa shape index (κ2) is 9.03. The molecule has 0 fully saturated rings. The molecule has 0 saturated heterocycles. The van der Waals surface area contributed by atoms with Crippen LogP contribution >= 0.6 is 23.1 Å². The highest BCUT2D eigenvalue weighted by Gasteiger charge is 2.14. The van der Waals surface area contributed by atoms with E-state index in [1.807, 2.05) is 24.4 Å². The van der Waals surface area contributed by atoms with Crippen molar-refractivity contribution in [3.05, 3.63) is 34.9 Å². The van der Waals surface area contributed by atoms with Crippen LogP contribution in [0.1, 0.15) is 38.2 Å². The van der Waals surface area contributed by atoms with Crippen LogP contribution in [0.3, 0.4) is 0 Å². The van der Waals surface area contributed by atoms with Crippen LogP contribution in [0.5, 0.6) is 0 Å². The van der Waals surface area contributed by atoms with Crippen molar-refractivity contribution in [3.63, 3.8) is 0 Å². The first-order chi connectivity index (χ1) is 11.1. The molecule has 0 aliphatic carbocycles. The molecule has 0 saturated carbocycles. The molecule has 2 aromatic heterocycles. The number of nitrogens with zero attached hydrogens (tertiary/aromatic N) is 2. The summed E-state index contributed by atoms with van der Waals surface area (Å²) in [7, 11) is 0. The number of rotatable bonds is 8. The highest BCUT2D eigenvalue weighted by molar-refractivity contribution is 7.99. The van der Waals surface area contributed by atoms with Gasteiger partial charge >= 0.3 is 0 Å². The predicted molar refractivity (Wildman–Crippen MR) is 98.7 cm³/mol. The first kappa shape index (κ1) is 17.9. The Morgan fingerprint density at radius 1 is 1.30 bits per heavy atom. The van der Waals surface area contributed by atoms with Crippen molar-refractivity contribution >= 4 is 29.0 Å². The van der Waals surface area contributed by atoms with Gasteiger partial charge in [0.15, 0.2) is 0 Å². The summed E-state index contributed by atoms with van der Waals surface area (Å²) in [6.45, 7) is 6.38. The quantitative estimate of drug-likeness (QED) is 0.727. The van der Waals surface area contributed by atoms with Gasteiger partial charge in [0, 0.05) is 23.3 Å². The van der Waals surface area contributed by atoms with Crippen molar-refractivity contribution in [2.75, 3.05) is 11.5 Å². The first-order valence-electron chi connectivity index (χ1n) is 7.79. The van der Waals surface area contributed by atoms with Crippen LogP contribution in [-0.2, 0) is 4.79 Å². The van der Waals surface area contributed by atoms with Crippen LogP contribution < -0.4 is 5.32 Å². The van der Waals surface area contributed by atoms with Gasteiger partial charge in [0.25, 0.3) is 0 Å². The molecule has 0 aliphatic rings. The Bertz CT molecular complexity index is 613. The smallest absolute Gasteiger partial charge is 0.230 e. The number of thiazole rings is 1. The molecule has 0 bridgehead atoms. The third kappa shape index (κ3) is 5.95. The molecule has 0 aromatic carbocycles. The second-order valence-electron chi connectivity index (χ2n) is 5.83. The van der Waals surface area contributed by atoms with E-state index in [4.69, 9.17) is 0 Å². The Morgan fingerprint density at radius 3 is 2.74 bits per heavy atom. The number of thioether (sulfide) groups is 1. The van der Waals surface area contributed by atoms with Crippen LogP contribution in [0.15, 0.2) is 29.9 Å². The molecule has 4 nitrogen and oxygen atoms in total. The molecule has 0 unspecified atom stereocenters. The zero-order valence-corrected chi connectivity index (χ0v) is 15.4. The zero-order valence-electron chi connectivity index (χ0n) is 13.8. The lowest BCUT2D eigenvalue weighted by molar-refractivity contribution is -0.119. The van der Waals surface area contributed by atoms with Crippen molar-refractivity contribution in [1.29, 1.82) is 0 Å². The summed E-state index contributed by atoms with van der Waals surface area (Å²) in [5, 5.41) is 5.97. The fraction of sp³-hybridized carbons (Fsp3) is 0.471. The van der Waals surface area contributed by atoms with Crippen molar-refractivity contribution in [2.45, 2.75) is 33.2 Å². The summed E-state index contributed by atoms with van der Waals surface area (Å²) < 4.78 is 0. The fourth-order valence-electron chi connectivity index (χ4n) is 1.97. The lowest BCUT2D eigenvalue weighted by atomic mass is 10.2. The topological polar surface area (TPSA) is 54.9 Å². The van der Waals surface area contributed by atoms with E-state index in [0.29, 0.717) is 11.7 Å². The molecule has 2 heterocycles. The van der Waals surface area contributed by atoms with E-state index in [1.54, 1.807) is 35.5 Å². The summed E-state index contributed by atoms with van der Waals surface area (Å²) in [5.74, 6) is 2.31. The van der Waals surface area contributed by atoms with Gasteiger partial charge in [-0.3, -0.25) is 9.78 Å². The van der Waals surface area contributed by atoms with Gasteiger partial charge in [-0.05, 0) is 37.1 Å². The summed E-state index contributed by atoms with van der Waals surface area (Å²) in [4.78, 5) is 20.6. The Morgan fingerprint density at radius 2 is 2.04 bits per heavy atom. The minimum absolute atomic E-state index is 0.0613. The van der Waals surface area contributed by atoms with Crippen LogP contribution in [0.25, 0.3) is 11.3 Å². The van der Waals surface area contributed by atoms with E-state index in [-0.39, 0.29) is 11.9 Å². The van der Waals surface area contributed by atoms with E-state index in [9.17, 15) is 4.79 Å². The number of nitrogens with one attached hydrogen (secondary N) is 1. The molecule has 1 N–H and O–H groups in total. The van der Waals surface area contributed by atoms with Gasteiger partial charge < -0.3 is 5.32 Å². The van der Waals surface area contributed by atoms with Crippen LogP contribution in [-0.4, -0.2) is 27.4 Å². The number of hydrogen-bond acceptors (Lipinski definition) is 5. The van der Waals surface area contributed by atoms with Gasteiger partial charge in [-0.25, -0.2) is 4.98 Å². The van der Waals surface area contributed by atoms with Gasteiger partial charge in [0.2, 0.25) is 5.91 Å². The highest BCUT2D eigenvalue weighted by atomic mass is 32.2. The third-order valence-electron chi connectivity index (χ3n) is 3.32. The lowest BCUT2D eigenvalue weighted by Crippen LogP contribution is -2.28. The Hall–Kier alpha value is -1.40. The van der Waals surface area contributed by atoms with E-state index < -0.39 is 0 Å².